The highest BCUT2D eigenvalue weighted by atomic mass is 80.0. The van der Waals surface area contributed by atoms with Gasteiger partial charge in [0.25, 0.3) is 0 Å². The Morgan fingerprint density at radius 2 is 1.15 bits per heavy atom. The third-order valence-electron chi connectivity index (χ3n) is 1.11. The molecule has 20 heavy (non-hydrogen) atoms. The van der Waals surface area contributed by atoms with Crippen LogP contribution in [-0.4, -0.2) is 0 Å². The number of halogens is 10. The van der Waals surface area contributed by atoms with E-state index in [1.165, 1.54) is 0 Å². The topological polar surface area (TPSA) is 61.5 Å². The summed E-state index contributed by atoms with van der Waals surface area (Å²) < 4.78 is 9.62. The number of rotatable bonds is 0. The Kier molecular flexibility index (Phi) is 10.4. The van der Waals surface area contributed by atoms with E-state index in [0.29, 0.717) is 0 Å². The smallest absolute Gasteiger partial charge is 0.211 e. The Morgan fingerprint density at radius 3 is 1.65 bits per heavy atom. The van der Waals surface area contributed by atoms with E-state index < -0.39 is 23.4 Å². The quantitative estimate of drug-likeness (QED) is 0.242. The zero-order valence-corrected chi connectivity index (χ0v) is 28.6. The van der Waals surface area contributed by atoms with E-state index in [9.17, 15) is 0 Å². The Bertz CT molecular complexity index is 606. The Morgan fingerprint density at radius 1 is 0.650 bits per heavy atom. The maximum Gasteiger partial charge on any atom is 0.386 e. The minimum Gasteiger partial charge on any atom is -0.211 e. The first kappa shape index (κ1) is 24.1. The van der Waals surface area contributed by atoms with E-state index in [4.69, 9.17) is 0 Å². The molecule has 0 aromatic carbocycles. The molecule has 1 heterocycles. The second-order valence-electron chi connectivity index (χ2n) is 2.79. The van der Waals surface area contributed by atoms with Crippen molar-refractivity contribution in [2.24, 2.45) is 18.1 Å². The summed E-state index contributed by atoms with van der Waals surface area (Å²) in [5.41, 5.74) is 0. The maximum atomic E-state index is 4.65. The van der Waals surface area contributed by atoms with Gasteiger partial charge in [0.1, 0.15) is 0 Å². The Balaban J connectivity index is 3.75. The minimum atomic E-state index is -2.29. The van der Waals surface area contributed by atoms with Crippen molar-refractivity contribution in [2.45, 2.75) is 0 Å². The molecule has 0 amide bonds. The van der Waals surface area contributed by atoms with E-state index in [-0.39, 0.29) is 0 Å². The lowest BCUT2D eigenvalue weighted by Gasteiger charge is -2.20. The molecular weight excluding hydrogens is 1020 g/mol. The zero-order valence-electron chi connectivity index (χ0n) is 8.30. The molecule has 1 rings (SSSR count). The van der Waals surface area contributed by atoms with E-state index >= 15 is 0 Å². The maximum absolute atomic E-state index is 4.65. The average Bonchev–Trinajstić information content (AvgIpc) is 1.84. The number of nitrogens with zero attached hydrogens (tertiary/aromatic N) is 4. The van der Waals surface area contributed by atoms with Gasteiger partial charge in [0.15, 0.2) is 4.61 Å². The van der Waals surface area contributed by atoms with Gasteiger partial charge in [-0.1, -0.05) is 9.03 Å². The molecule has 0 radical (unpaired) electrons. The van der Waals surface area contributed by atoms with Crippen molar-refractivity contribution in [3.8, 4) is 0 Å². The monoisotopic (exact) mass is 1020 g/mol. The van der Waals surface area contributed by atoms with Gasteiger partial charge in [-0.05, 0) is 124 Å². The molecule has 0 unspecified atom stereocenters. The predicted molar refractivity (Wildman–Crippen MR) is 137 cm³/mol. The molecule has 0 saturated heterocycles. The lowest BCUT2D eigenvalue weighted by molar-refractivity contribution is 1.66. The first-order valence-corrected chi connectivity index (χ1v) is 32.5. The molecule has 0 aromatic heterocycles. The molecule has 0 saturated carbocycles. The minimum absolute atomic E-state index is 2.18. The largest absolute Gasteiger partial charge is 0.386 e. The summed E-state index contributed by atoms with van der Waals surface area (Å²) in [5, 5.41) is 0. The number of hydrogen-bond acceptors (Lipinski definition) is 5. The van der Waals surface area contributed by atoms with Crippen molar-refractivity contribution in [1.29, 1.82) is 0 Å². The molecule has 1 aliphatic rings. The van der Waals surface area contributed by atoms with Crippen LogP contribution in [0.1, 0.15) is 0 Å². The van der Waals surface area contributed by atoms with Gasteiger partial charge >= 0.3 is 4.97 Å². The first-order chi connectivity index (χ1) is 8.54. The third-order valence-corrected chi connectivity index (χ3v) is 36.1. The van der Waals surface area contributed by atoms with Crippen LogP contribution in [0.4, 0.5) is 0 Å². The van der Waals surface area contributed by atoms with Gasteiger partial charge in [-0.2, -0.15) is 4.52 Å². The van der Waals surface area contributed by atoms with Crippen LogP contribution >= 0.6 is 178 Å². The molecule has 0 spiro atoms. The first-order valence-electron chi connectivity index (χ1n) is 3.74. The fraction of sp³-hybridized carbons (Fsp3) is 0. The molecule has 0 aromatic rings. The summed E-state index contributed by atoms with van der Waals surface area (Å²) in [6.07, 6.45) is 0. The molecule has 0 bridgehead atoms. The lowest BCUT2D eigenvalue weighted by atomic mass is 13.8. The van der Waals surface area contributed by atoms with E-state index in [1.54, 1.807) is 0 Å². The fourth-order valence-electron chi connectivity index (χ4n) is 0.768. The van der Waals surface area contributed by atoms with Gasteiger partial charge < -0.3 is 0 Å². The van der Waals surface area contributed by atoms with Crippen molar-refractivity contribution in [3.05, 3.63) is 0 Å². The van der Waals surface area contributed by atoms with E-state index in [0.717, 1.165) is 0 Å². The molecule has 120 valence electrons. The molecule has 1 N–H and O–H groups in total. The highest BCUT2D eigenvalue weighted by Crippen LogP contribution is 2.93. The highest BCUT2D eigenvalue weighted by molar-refractivity contribution is 9.77. The van der Waals surface area contributed by atoms with E-state index in [1.807, 2.05) is 0 Å². The van der Waals surface area contributed by atoms with Crippen LogP contribution in [0.3, 0.4) is 0 Å². The van der Waals surface area contributed by atoms with E-state index in [2.05, 4.69) is 178 Å². The normalized spacial score (nSPS) is 29.9. The summed E-state index contributed by atoms with van der Waals surface area (Å²) in [6.45, 7) is 0. The zero-order chi connectivity index (χ0) is 16.0. The van der Waals surface area contributed by atoms with Crippen LogP contribution < -0.4 is 4.86 Å². The van der Waals surface area contributed by atoms with Crippen molar-refractivity contribution >= 4 is 178 Å². The van der Waals surface area contributed by atoms with Gasteiger partial charge in [0.05, 0.1) is 0 Å². The summed E-state index contributed by atoms with van der Waals surface area (Å²) in [7, 11) is 0. The van der Waals surface area contributed by atoms with Gasteiger partial charge in [-0.25, -0.2) is 9.37 Å². The Hall–Kier alpha value is 6.11. The second kappa shape index (κ2) is 8.64. The van der Waals surface area contributed by atoms with Crippen molar-refractivity contribution in [1.82, 2.24) is 4.86 Å². The molecule has 5 nitrogen and oxygen atoms in total. The van der Waals surface area contributed by atoms with Crippen LogP contribution in [0, 0.1) is 0 Å². The molecule has 0 atom stereocenters. The number of nitrogens with one attached hydrogen (secondary N) is 1. The van der Waals surface area contributed by atoms with Crippen LogP contribution in [-0.2, 0) is 0 Å². The SMILES string of the molecule is BrP1(Br)=NP(Br)(Br)=N[P+](Br)(Br)N=P(Br)(Br)NP(Br)(Br)=N1. The predicted octanol–water partition coefficient (Wildman–Crippen LogP) is 13.0. The summed E-state index contributed by atoms with van der Waals surface area (Å²) in [4.78, 5) is 1.02. The third kappa shape index (κ3) is 9.88. The average molecular weight is 1020 g/mol. The summed E-state index contributed by atoms with van der Waals surface area (Å²) in [5.74, 6) is 0. The summed E-state index contributed by atoms with van der Waals surface area (Å²) >= 11 is 35.4. The standard InChI is InChI=1S/Br10HN5P5/c1-16(2)11-17(3,4)13-19(7,8)15-20(9,10)14-18(5,6)12-16/h11H/q+1. The molecule has 1 aliphatic heterocycles. The highest BCUT2D eigenvalue weighted by Gasteiger charge is 2.42. The van der Waals surface area contributed by atoms with Crippen molar-refractivity contribution in [3.63, 3.8) is 0 Å². The molecule has 0 aliphatic carbocycles. The Labute approximate surface area is 197 Å². The molecular formula is HBr10N5P5+. The molecule has 0 fully saturated rings. The van der Waals surface area contributed by atoms with Crippen molar-refractivity contribution < 1.29 is 0 Å². The lowest BCUT2D eigenvalue weighted by Crippen LogP contribution is -1.90. The van der Waals surface area contributed by atoms with Crippen molar-refractivity contribution in [2.75, 3.05) is 0 Å². The van der Waals surface area contributed by atoms with Crippen LogP contribution in [0.5, 0.6) is 0 Å². The van der Waals surface area contributed by atoms with Crippen LogP contribution in [0.25, 0.3) is 0 Å². The number of hydrogen-bond donors (Lipinski definition) is 1. The molecule has 20 heteroatoms. The summed E-state index contributed by atoms with van der Waals surface area (Å²) in [6, 6.07) is 0. The van der Waals surface area contributed by atoms with Gasteiger partial charge in [0, 0.05) is 0 Å². The van der Waals surface area contributed by atoms with Crippen LogP contribution in [0.15, 0.2) is 18.1 Å². The van der Waals surface area contributed by atoms with Crippen LogP contribution in [0.2, 0.25) is 0 Å². The second-order valence-corrected chi connectivity index (χ2v) is 55.5. The van der Waals surface area contributed by atoms with Gasteiger partial charge in [0.2, 0.25) is 44.8 Å². The van der Waals surface area contributed by atoms with Gasteiger partial charge in [-0.15, -0.1) is 0 Å². The van der Waals surface area contributed by atoms with Gasteiger partial charge in [-0.3, -0.25) is 0 Å². The fourth-order valence-corrected chi connectivity index (χ4v) is 81.8.